The van der Waals surface area contributed by atoms with Crippen LogP contribution in [0, 0.1) is 0 Å². The normalized spacial score (nSPS) is 17.0. The number of hydrazine groups is 1. The van der Waals surface area contributed by atoms with Gasteiger partial charge in [-0.25, -0.2) is 5.43 Å². The van der Waals surface area contributed by atoms with Crippen molar-refractivity contribution in [3.05, 3.63) is 155 Å². The third kappa shape index (κ3) is 18.8. The average molecular weight is 1010 g/mol. The highest BCUT2D eigenvalue weighted by atomic mass is 32.2. The average Bonchev–Trinajstić information content (AvgIpc) is 3.55. The van der Waals surface area contributed by atoms with E-state index in [2.05, 4.69) is 58.0 Å². The van der Waals surface area contributed by atoms with Crippen LogP contribution in [0.15, 0.2) is 127 Å². The van der Waals surface area contributed by atoms with Gasteiger partial charge in [-0.1, -0.05) is 92.6 Å². The molecule has 0 aromatic heterocycles. The summed E-state index contributed by atoms with van der Waals surface area (Å²) in [4.78, 5) is 56.2. The predicted molar refractivity (Wildman–Crippen MR) is 301 cm³/mol. The molecule has 3 atom stereocenters. The number of benzene rings is 3. The fourth-order valence-corrected chi connectivity index (χ4v) is 9.93. The van der Waals surface area contributed by atoms with E-state index in [-0.39, 0.29) is 29.5 Å². The van der Waals surface area contributed by atoms with Crippen LogP contribution < -0.4 is 36.3 Å². The first-order valence-electron chi connectivity index (χ1n) is 25.9. The molecular weight excluding hydrogens is 933 g/mol. The number of hydrogen-bond donors (Lipinski definition) is 5. The van der Waals surface area contributed by atoms with Crippen molar-refractivity contribution in [3.8, 4) is 5.75 Å². The van der Waals surface area contributed by atoms with Gasteiger partial charge in [0.1, 0.15) is 5.75 Å². The number of carbonyl (C=O) groups is 4. The summed E-state index contributed by atoms with van der Waals surface area (Å²) in [5.74, 6) is 2.43. The zero-order valence-electron chi connectivity index (χ0n) is 44.4. The lowest BCUT2D eigenvalue weighted by Gasteiger charge is -2.34. The minimum absolute atomic E-state index is 0.00523. The molecule has 0 saturated carbocycles. The summed E-state index contributed by atoms with van der Waals surface area (Å²) in [6.45, 7) is 20.8. The molecular formula is C59H80N8O5S. The monoisotopic (exact) mass is 1010 g/mol. The van der Waals surface area contributed by atoms with Gasteiger partial charge in [0.15, 0.2) is 5.78 Å². The first kappa shape index (κ1) is 57.4. The molecule has 3 amide bonds. The molecule has 2 heterocycles. The van der Waals surface area contributed by atoms with Crippen LogP contribution in [0.2, 0.25) is 0 Å². The highest BCUT2D eigenvalue weighted by molar-refractivity contribution is 7.99. The molecule has 3 unspecified atom stereocenters. The number of amides is 3. The molecule has 2 aliphatic rings. The molecule has 3 aromatic rings. The fourth-order valence-electron chi connectivity index (χ4n) is 8.77. The van der Waals surface area contributed by atoms with Crippen LogP contribution in [0.5, 0.6) is 5.75 Å². The Morgan fingerprint density at radius 1 is 0.918 bits per heavy atom. The first-order valence-corrected chi connectivity index (χ1v) is 26.9. The molecule has 0 radical (unpaired) electrons. The summed E-state index contributed by atoms with van der Waals surface area (Å²) in [6.07, 6.45) is 19.8. The maximum atomic E-state index is 13.8. The lowest BCUT2D eigenvalue weighted by atomic mass is 9.96. The summed E-state index contributed by atoms with van der Waals surface area (Å²) in [5, 5.41) is 15.2. The highest BCUT2D eigenvalue weighted by Gasteiger charge is 2.28. The zero-order valence-corrected chi connectivity index (χ0v) is 45.2. The molecule has 13 nitrogen and oxygen atoms in total. The quantitative estimate of drug-likeness (QED) is 0.0215. The summed E-state index contributed by atoms with van der Waals surface area (Å²) < 4.78 is 5.72. The molecule has 5 N–H and O–H groups in total. The van der Waals surface area contributed by atoms with Crippen LogP contribution in [-0.4, -0.2) is 90.9 Å². The van der Waals surface area contributed by atoms with Crippen LogP contribution in [0.1, 0.15) is 137 Å². The van der Waals surface area contributed by atoms with Crippen LogP contribution in [-0.2, 0) is 14.4 Å². The minimum atomic E-state index is -0.179. The van der Waals surface area contributed by atoms with Crippen molar-refractivity contribution >= 4 is 53.1 Å². The second-order valence-corrected chi connectivity index (χ2v) is 20.4. The van der Waals surface area contributed by atoms with Gasteiger partial charge in [0.2, 0.25) is 17.7 Å². The molecule has 73 heavy (non-hydrogen) atoms. The number of carbonyl (C=O) groups excluding carboxylic acids is 4. The number of rotatable bonds is 27. The minimum Gasteiger partial charge on any atom is -0.495 e. The van der Waals surface area contributed by atoms with Crippen molar-refractivity contribution in [2.75, 3.05) is 51.0 Å². The molecule has 392 valence electrons. The standard InChI is InChI=1S/C59H80N8O5S/c1-10-65(39-42(2)3)53-31-23-48(37-54(53)72-9)36-52-18-17-35-67(59(52)71)45(6)49-27-29-51(30-28-49)58(70)50-25-21-47(22-26-50)24-32-56(69)61-33-15-11-12-16-34-66(60-8)40-43(4)38-62-55(68)19-13-14-20-57-64-46(7)63-44(5)41-73-57/h10,21-32,36-37,39-40,44-45,57,60,63-64H,1,7,11-20,33-35,38,41H2,2-6,8-9H3,(H,61,69)(H,62,68)/b32-24+,43-40+,52-36+. The Hall–Kier alpha value is -6.51. The smallest absolute Gasteiger partial charge is 0.250 e. The summed E-state index contributed by atoms with van der Waals surface area (Å²) >= 11 is 1.91. The van der Waals surface area contributed by atoms with E-state index in [0.29, 0.717) is 60.8 Å². The Balaban J connectivity index is 0.975. The Kier molecular flexibility index (Phi) is 23.5. The number of methoxy groups -OCH3 is 1. The van der Waals surface area contributed by atoms with E-state index in [9.17, 15) is 19.2 Å². The number of thioether (sulfide) groups is 1. The van der Waals surface area contributed by atoms with Crippen molar-refractivity contribution in [1.82, 2.24) is 36.6 Å². The van der Waals surface area contributed by atoms with Gasteiger partial charge in [-0.3, -0.25) is 19.2 Å². The Morgan fingerprint density at radius 3 is 2.33 bits per heavy atom. The van der Waals surface area contributed by atoms with Crippen molar-refractivity contribution < 1.29 is 23.9 Å². The fraction of sp³-hybridized carbons (Fsp3) is 0.424. The maximum Gasteiger partial charge on any atom is 0.250 e. The van der Waals surface area contributed by atoms with E-state index in [4.69, 9.17) is 4.74 Å². The highest BCUT2D eigenvalue weighted by Crippen LogP contribution is 2.33. The predicted octanol–water partition coefficient (Wildman–Crippen LogP) is 10.4. The number of nitrogens with zero attached hydrogens (tertiary/aromatic N) is 3. The van der Waals surface area contributed by atoms with E-state index < -0.39 is 0 Å². The van der Waals surface area contributed by atoms with Crippen LogP contribution in [0.4, 0.5) is 5.69 Å². The van der Waals surface area contributed by atoms with Crippen LogP contribution >= 0.6 is 11.8 Å². The van der Waals surface area contributed by atoms with Gasteiger partial charge in [-0.15, -0.1) is 11.8 Å². The number of allylic oxidation sites excluding steroid dienone is 1. The lowest BCUT2D eigenvalue weighted by Crippen LogP contribution is -2.38. The van der Waals surface area contributed by atoms with Crippen molar-refractivity contribution in [1.29, 1.82) is 0 Å². The molecule has 2 aliphatic heterocycles. The topological polar surface area (TPSA) is 147 Å². The number of hydrogen-bond acceptors (Lipinski definition) is 11. The van der Waals surface area contributed by atoms with Gasteiger partial charge in [0.05, 0.1) is 30.0 Å². The summed E-state index contributed by atoms with van der Waals surface area (Å²) in [6, 6.07) is 20.9. The number of nitrogens with one attached hydrogen (secondary N) is 5. The van der Waals surface area contributed by atoms with Crippen molar-refractivity contribution in [3.63, 3.8) is 0 Å². The number of piperidine rings is 1. The van der Waals surface area contributed by atoms with Gasteiger partial charge < -0.3 is 40.8 Å². The molecule has 5 rings (SSSR count). The van der Waals surface area contributed by atoms with Crippen LogP contribution in [0.3, 0.4) is 0 Å². The number of unbranched alkanes of at least 4 members (excludes halogenated alkanes) is 4. The second kappa shape index (κ2) is 29.9. The zero-order chi connectivity index (χ0) is 52.7. The third-order valence-corrected chi connectivity index (χ3v) is 14.2. The number of anilines is 1. The summed E-state index contributed by atoms with van der Waals surface area (Å²) in [7, 11) is 3.54. The van der Waals surface area contributed by atoms with Crippen molar-refractivity contribution in [2.45, 2.75) is 116 Å². The van der Waals surface area contributed by atoms with Gasteiger partial charge in [-0.2, -0.15) is 0 Å². The van der Waals surface area contributed by atoms with E-state index in [1.54, 1.807) is 31.5 Å². The van der Waals surface area contributed by atoms with E-state index >= 15 is 0 Å². The number of ketones is 1. The second-order valence-electron chi connectivity index (χ2n) is 19.2. The molecule has 0 aliphatic carbocycles. The van der Waals surface area contributed by atoms with Gasteiger partial charge in [-0.05, 0) is 120 Å². The SMILES string of the molecule is C=CN(C=C(C)C)c1ccc(/C=C2\CCCN(C(C)c3ccc(C(=O)c4ccc(/C=C/C(=O)NCCCCCCN(/C=C(\C)CNC(=O)CCCCC5NC(=C)NC(C)CS5)NC)cc4)cc3)C2=O)cc1OC. The van der Waals surface area contributed by atoms with Crippen molar-refractivity contribution in [2.24, 2.45) is 0 Å². The molecule has 3 aromatic carbocycles. The van der Waals surface area contributed by atoms with Gasteiger partial charge in [0.25, 0.3) is 0 Å². The molecule has 2 saturated heterocycles. The van der Waals surface area contributed by atoms with Crippen LogP contribution in [0.25, 0.3) is 12.2 Å². The molecule has 0 bridgehead atoms. The maximum absolute atomic E-state index is 13.8. The first-order chi connectivity index (χ1) is 35.2. The van der Waals surface area contributed by atoms with E-state index in [1.165, 1.54) is 6.08 Å². The van der Waals surface area contributed by atoms with E-state index in [1.807, 2.05) is 123 Å². The lowest BCUT2D eigenvalue weighted by molar-refractivity contribution is -0.130. The molecule has 2 fully saturated rings. The van der Waals surface area contributed by atoms with Gasteiger partial charge in [0, 0.05) is 92.8 Å². The Bertz CT molecular complexity index is 2460. The Morgan fingerprint density at radius 2 is 1.63 bits per heavy atom. The molecule has 14 heteroatoms. The number of ether oxygens (including phenoxy) is 1. The Labute approximate surface area is 439 Å². The third-order valence-electron chi connectivity index (χ3n) is 12.8. The van der Waals surface area contributed by atoms with E-state index in [0.717, 1.165) is 109 Å². The van der Waals surface area contributed by atoms with Gasteiger partial charge >= 0.3 is 0 Å². The number of likely N-dealkylation sites (tertiary alicyclic amines) is 1. The largest absolute Gasteiger partial charge is 0.495 e. The molecule has 0 spiro atoms. The summed E-state index contributed by atoms with van der Waals surface area (Å²) in [5.41, 5.74) is 10.8.